The molecule has 1 saturated heterocycles. The van der Waals surface area contributed by atoms with Crippen LogP contribution in [0.1, 0.15) is 44.6 Å². The van der Waals surface area contributed by atoms with Gasteiger partial charge in [-0.2, -0.15) is 5.10 Å². The summed E-state index contributed by atoms with van der Waals surface area (Å²) >= 11 is 0. The van der Waals surface area contributed by atoms with E-state index in [1.54, 1.807) is 0 Å². The third-order valence-electron chi connectivity index (χ3n) is 4.99. The minimum Gasteiger partial charge on any atom is -0.373 e. The highest BCUT2D eigenvalue weighted by molar-refractivity contribution is 5.79. The second-order valence-corrected chi connectivity index (χ2v) is 7.70. The lowest BCUT2D eigenvalue weighted by Crippen LogP contribution is -2.58. The second kappa shape index (κ2) is 7.23. The van der Waals surface area contributed by atoms with Gasteiger partial charge in [0.2, 0.25) is 5.91 Å². The summed E-state index contributed by atoms with van der Waals surface area (Å²) in [5.41, 5.74) is 2.92. The first-order valence-corrected chi connectivity index (χ1v) is 8.76. The van der Waals surface area contributed by atoms with Crippen molar-refractivity contribution in [1.82, 2.24) is 20.0 Å². The lowest BCUT2D eigenvalue weighted by molar-refractivity contribution is -0.122. The summed E-state index contributed by atoms with van der Waals surface area (Å²) in [6.07, 6.45) is 0.839. The van der Waals surface area contributed by atoms with E-state index in [2.05, 4.69) is 43.0 Å². The minimum absolute atomic E-state index is 0.0524. The van der Waals surface area contributed by atoms with Crippen LogP contribution in [0.3, 0.4) is 0 Å². The zero-order valence-electron chi connectivity index (χ0n) is 16.1. The number of ether oxygens (including phenoxy) is 1. The predicted octanol–water partition coefficient (Wildman–Crippen LogP) is 1.58. The second-order valence-electron chi connectivity index (χ2n) is 7.70. The third-order valence-corrected chi connectivity index (χ3v) is 4.99. The highest BCUT2D eigenvalue weighted by atomic mass is 16.5. The van der Waals surface area contributed by atoms with Gasteiger partial charge in [-0.05, 0) is 41.5 Å². The largest absolute Gasteiger partial charge is 0.373 e. The van der Waals surface area contributed by atoms with E-state index in [9.17, 15) is 4.79 Å². The molecule has 0 aromatic carbocycles. The summed E-state index contributed by atoms with van der Waals surface area (Å²) in [5, 5.41) is 7.48. The number of hydrogen-bond acceptors (Lipinski definition) is 4. The fourth-order valence-electron chi connectivity index (χ4n) is 3.40. The summed E-state index contributed by atoms with van der Waals surface area (Å²) in [5.74, 6) is 0.0524. The van der Waals surface area contributed by atoms with Crippen LogP contribution in [0.5, 0.6) is 0 Å². The van der Waals surface area contributed by atoms with E-state index in [1.807, 2.05) is 25.6 Å². The fraction of sp³-hybridized carbons (Fsp3) is 0.778. The van der Waals surface area contributed by atoms with Gasteiger partial charge in [0.05, 0.1) is 24.3 Å². The van der Waals surface area contributed by atoms with E-state index in [0.717, 1.165) is 30.0 Å². The van der Waals surface area contributed by atoms with Gasteiger partial charge in [-0.15, -0.1) is 0 Å². The van der Waals surface area contributed by atoms with Crippen LogP contribution in [0.15, 0.2) is 0 Å². The Morgan fingerprint density at radius 2 is 1.88 bits per heavy atom. The Morgan fingerprint density at radius 3 is 2.38 bits per heavy atom. The molecule has 6 nitrogen and oxygen atoms in total. The molecular weight excluding hydrogens is 304 g/mol. The first kappa shape index (κ1) is 18.9. The number of rotatable bonds is 5. The molecule has 1 N–H and O–H groups in total. The molecule has 2 atom stereocenters. The summed E-state index contributed by atoms with van der Waals surface area (Å²) in [4.78, 5) is 14.8. The first-order valence-electron chi connectivity index (χ1n) is 8.76. The van der Waals surface area contributed by atoms with Crippen LogP contribution < -0.4 is 5.32 Å². The molecule has 24 heavy (non-hydrogen) atoms. The van der Waals surface area contributed by atoms with Gasteiger partial charge in [-0.3, -0.25) is 14.4 Å². The molecule has 1 fully saturated rings. The van der Waals surface area contributed by atoms with Crippen molar-refractivity contribution in [3.8, 4) is 0 Å². The molecule has 0 saturated carbocycles. The maximum atomic E-state index is 12.4. The zero-order chi connectivity index (χ0) is 18.1. The number of hydrogen-bond donors (Lipinski definition) is 1. The van der Waals surface area contributed by atoms with Crippen molar-refractivity contribution in [3.05, 3.63) is 17.0 Å². The van der Waals surface area contributed by atoms with Crippen LogP contribution in [0.2, 0.25) is 0 Å². The Kier molecular flexibility index (Phi) is 5.71. The Balaban J connectivity index is 1.92. The molecule has 2 unspecified atom stereocenters. The maximum absolute atomic E-state index is 12.4. The monoisotopic (exact) mass is 336 g/mol. The van der Waals surface area contributed by atoms with Crippen LogP contribution in [-0.2, 0) is 23.0 Å². The van der Waals surface area contributed by atoms with Crippen molar-refractivity contribution in [2.75, 3.05) is 19.6 Å². The van der Waals surface area contributed by atoms with Crippen molar-refractivity contribution in [2.24, 2.45) is 7.05 Å². The highest BCUT2D eigenvalue weighted by Gasteiger charge is 2.33. The lowest BCUT2D eigenvalue weighted by atomic mass is 9.99. The Bertz CT molecular complexity index is 584. The number of aromatic nitrogens is 2. The number of carbonyl (C=O) groups is 1. The molecule has 0 spiro atoms. The van der Waals surface area contributed by atoms with E-state index in [1.165, 1.54) is 0 Å². The molecule has 6 heteroatoms. The summed E-state index contributed by atoms with van der Waals surface area (Å²) < 4.78 is 7.64. The van der Waals surface area contributed by atoms with Gasteiger partial charge in [0, 0.05) is 43.5 Å². The van der Waals surface area contributed by atoms with Crippen LogP contribution in [0.25, 0.3) is 0 Å². The molecule has 2 heterocycles. The predicted molar refractivity (Wildman–Crippen MR) is 95.1 cm³/mol. The minimum atomic E-state index is -0.0962. The van der Waals surface area contributed by atoms with Gasteiger partial charge in [-0.1, -0.05) is 0 Å². The molecule has 1 aromatic heterocycles. The SMILES string of the molecule is Cc1nn(C)c(C)c1CC(=O)NCC(C)(C)N1CC(C)OC(C)C1. The summed E-state index contributed by atoms with van der Waals surface area (Å²) in [6.45, 7) is 14.9. The molecule has 2 rings (SSSR count). The van der Waals surface area contributed by atoms with E-state index in [0.29, 0.717) is 13.0 Å². The van der Waals surface area contributed by atoms with E-state index in [-0.39, 0.29) is 23.7 Å². The first-order chi connectivity index (χ1) is 11.1. The van der Waals surface area contributed by atoms with Crippen LogP contribution in [0, 0.1) is 13.8 Å². The molecule has 1 aliphatic heterocycles. The van der Waals surface area contributed by atoms with Gasteiger partial charge in [0.15, 0.2) is 0 Å². The number of carbonyl (C=O) groups excluding carboxylic acids is 1. The van der Waals surface area contributed by atoms with E-state index >= 15 is 0 Å². The van der Waals surface area contributed by atoms with Crippen LogP contribution >= 0.6 is 0 Å². The number of amides is 1. The third kappa shape index (κ3) is 4.36. The van der Waals surface area contributed by atoms with E-state index < -0.39 is 0 Å². The van der Waals surface area contributed by atoms with E-state index in [4.69, 9.17) is 4.74 Å². The van der Waals surface area contributed by atoms with Crippen molar-refractivity contribution >= 4 is 5.91 Å². The molecule has 1 amide bonds. The van der Waals surface area contributed by atoms with Gasteiger partial charge < -0.3 is 10.1 Å². The zero-order valence-corrected chi connectivity index (χ0v) is 16.1. The summed E-state index contributed by atoms with van der Waals surface area (Å²) in [7, 11) is 1.91. The quantitative estimate of drug-likeness (QED) is 0.887. The molecule has 0 radical (unpaired) electrons. The average molecular weight is 336 g/mol. The average Bonchev–Trinajstić information content (AvgIpc) is 2.71. The topological polar surface area (TPSA) is 59.4 Å². The van der Waals surface area contributed by atoms with Crippen molar-refractivity contribution in [1.29, 1.82) is 0 Å². The Labute approximate surface area is 145 Å². The van der Waals surface area contributed by atoms with Gasteiger partial charge in [0.1, 0.15) is 0 Å². The molecule has 1 aliphatic rings. The number of morpholine rings is 1. The van der Waals surface area contributed by atoms with Gasteiger partial charge in [-0.25, -0.2) is 0 Å². The smallest absolute Gasteiger partial charge is 0.224 e. The molecule has 0 aliphatic carbocycles. The fourth-order valence-corrected chi connectivity index (χ4v) is 3.40. The molecule has 1 aromatic rings. The normalized spacial score (nSPS) is 22.6. The summed E-state index contributed by atoms with van der Waals surface area (Å²) in [6, 6.07) is 0. The highest BCUT2D eigenvalue weighted by Crippen LogP contribution is 2.21. The van der Waals surface area contributed by atoms with Crippen molar-refractivity contribution < 1.29 is 9.53 Å². The van der Waals surface area contributed by atoms with Gasteiger partial charge >= 0.3 is 0 Å². The standard InChI is InChI=1S/C18H32N4O2/c1-12-9-22(10-13(2)24-12)18(5,6)11-19-17(23)8-16-14(3)20-21(7)15(16)4/h12-13H,8-11H2,1-7H3,(H,19,23). The maximum Gasteiger partial charge on any atom is 0.224 e. The number of aryl methyl sites for hydroxylation is 2. The lowest BCUT2D eigenvalue weighted by Gasteiger charge is -2.45. The van der Waals surface area contributed by atoms with Crippen LogP contribution in [-0.4, -0.2) is 58.0 Å². The van der Waals surface area contributed by atoms with Crippen molar-refractivity contribution in [2.45, 2.75) is 65.7 Å². The van der Waals surface area contributed by atoms with Crippen molar-refractivity contribution in [3.63, 3.8) is 0 Å². The molecular formula is C18H32N4O2. The molecule has 0 bridgehead atoms. The number of nitrogens with zero attached hydrogens (tertiary/aromatic N) is 3. The Hall–Kier alpha value is -1.40. The Morgan fingerprint density at radius 1 is 1.29 bits per heavy atom. The van der Waals surface area contributed by atoms with Gasteiger partial charge in [0.25, 0.3) is 0 Å². The van der Waals surface area contributed by atoms with Crippen LogP contribution in [0.4, 0.5) is 0 Å². The molecule has 136 valence electrons. The number of nitrogens with one attached hydrogen (secondary N) is 1.